The molecule has 1 unspecified atom stereocenters. The predicted molar refractivity (Wildman–Crippen MR) is 58.5 cm³/mol. The molecule has 1 rings (SSSR count). The lowest BCUT2D eigenvalue weighted by Gasteiger charge is -2.08. The number of hydrogen-bond donors (Lipinski definition) is 2. The third kappa shape index (κ3) is 3.12. The Labute approximate surface area is 84.8 Å². The van der Waals surface area contributed by atoms with Gasteiger partial charge in [-0.05, 0) is 31.0 Å². The Morgan fingerprint density at radius 1 is 1.36 bits per heavy atom. The first-order valence-corrected chi connectivity index (χ1v) is 4.67. The molecule has 2 heteroatoms. The van der Waals surface area contributed by atoms with Crippen LogP contribution in [0, 0.1) is 11.8 Å². The SMILES string of the molecule is CC#CCCC(O)c1ccc(N)cc1. The van der Waals surface area contributed by atoms with Crippen molar-refractivity contribution in [1.82, 2.24) is 0 Å². The molecule has 0 aliphatic rings. The van der Waals surface area contributed by atoms with Crippen LogP contribution in [0.1, 0.15) is 31.4 Å². The van der Waals surface area contributed by atoms with E-state index in [-0.39, 0.29) is 0 Å². The Morgan fingerprint density at radius 2 is 2.00 bits per heavy atom. The molecule has 0 aliphatic carbocycles. The zero-order valence-corrected chi connectivity index (χ0v) is 8.33. The van der Waals surface area contributed by atoms with Gasteiger partial charge < -0.3 is 10.8 Å². The van der Waals surface area contributed by atoms with Crippen LogP contribution < -0.4 is 5.73 Å². The van der Waals surface area contributed by atoms with Crippen LogP contribution in [0.2, 0.25) is 0 Å². The molecule has 1 aromatic rings. The third-order valence-electron chi connectivity index (χ3n) is 2.04. The number of nitrogen functional groups attached to an aromatic ring is 1. The minimum Gasteiger partial charge on any atom is -0.399 e. The quantitative estimate of drug-likeness (QED) is 0.565. The zero-order chi connectivity index (χ0) is 10.4. The Bertz CT molecular complexity index is 332. The molecule has 0 aromatic heterocycles. The molecule has 0 aliphatic heterocycles. The maximum Gasteiger partial charge on any atom is 0.0799 e. The van der Waals surface area contributed by atoms with Crippen molar-refractivity contribution in [3.05, 3.63) is 29.8 Å². The summed E-state index contributed by atoms with van der Waals surface area (Å²) in [5.41, 5.74) is 7.16. The number of nitrogens with two attached hydrogens (primary N) is 1. The van der Waals surface area contributed by atoms with Crippen LogP contribution in [0.4, 0.5) is 5.69 Å². The van der Waals surface area contributed by atoms with Crippen LogP contribution in [0.3, 0.4) is 0 Å². The first-order chi connectivity index (χ1) is 6.74. The molecule has 3 N–H and O–H groups in total. The van der Waals surface area contributed by atoms with E-state index >= 15 is 0 Å². The van der Waals surface area contributed by atoms with Crippen molar-refractivity contribution in [1.29, 1.82) is 0 Å². The van der Waals surface area contributed by atoms with Gasteiger partial charge >= 0.3 is 0 Å². The molecule has 74 valence electrons. The summed E-state index contributed by atoms with van der Waals surface area (Å²) in [5.74, 6) is 5.73. The highest BCUT2D eigenvalue weighted by Crippen LogP contribution is 2.18. The van der Waals surface area contributed by atoms with Crippen LogP contribution in [0.25, 0.3) is 0 Å². The minimum absolute atomic E-state index is 0.434. The number of hydrogen-bond acceptors (Lipinski definition) is 2. The van der Waals surface area contributed by atoms with E-state index in [1.54, 1.807) is 19.1 Å². The second-order valence-electron chi connectivity index (χ2n) is 3.15. The van der Waals surface area contributed by atoms with Crippen molar-refractivity contribution in [3.63, 3.8) is 0 Å². The first-order valence-electron chi connectivity index (χ1n) is 4.67. The van der Waals surface area contributed by atoms with E-state index in [1.807, 2.05) is 12.1 Å². The zero-order valence-electron chi connectivity index (χ0n) is 8.33. The van der Waals surface area contributed by atoms with Gasteiger partial charge in [0.1, 0.15) is 0 Å². The Morgan fingerprint density at radius 3 is 2.57 bits per heavy atom. The number of anilines is 1. The summed E-state index contributed by atoms with van der Waals surface area (Å²) in [6.45, 7) is 1.80. The van der Waals surface area contributed by atoms with Crippen LogP contribution in [0.5, 0.6) is 0 Å². The molecule has 0 fully saturated rings. The van der Waals surface area contributed by atoms with Crippen LogP contribution in [-0.2, 0) is 0 Å². The number of benzene rings is 1. The van der Waals surface area contributed by atoms with Crippen molar-refractivity contribution in [2.45, 2.75) is 25.9 Å². The van der Waals surface area contributed by atoms with Gasteiger partial charge in [0, 0.05) is 12.1 Å². The lowest BCUT2D eigenvalue weighted by molar-refractivity contribution is 0.169. The van der Waals surface area contributed by atoms with Crippen molar-refractivity contribution in [2.75, 3.05) is 5.73 Å². The third-order valence-corrected chi connectivity index (χ3v) is 2.04. The van der Waals surface area contributed by atoms with Crippen molar-refractivity contribution in [2.24, 2.45) is 0 Å². The average molecular weight is 189 g/mol. The number of aliphatic hydroxyl groups excluding tert-OH is 1. The summed E-state index contributed by atoms with van der Waals surface area (Å²) in [4.78, 5) is 0. The summed E-state index contributed by atoms with van der Waals surface area (Å²) in [6, 6.07) is 7.28. The van der Waals surface area contributed by atoms with Gasteiger partial charge in [-0.3, -0.25) is 0 Å². The molecule has 0 spiro atoms. The molecule has 0 bridgehead atoms. The van der Waals surface area contributed by atoms with Gasteiger partial charge in [-0.25, -0.2) is 0 Å². The second kappa shape index (κ2) is 5.31. The Hall–Kier alpha value is -1.46. The van der Waals surface area contributed by atoms with Gasteiger partial charge in [-0.1, -0.05) is 12.1 Å². The highest BCUT2D eigenvalue weighted by Gasteiger charge is 2.05. The number of aliphatic hydroxyl groups is 1. The van der Waals surface area contributed by atoms with Gasteiger partial charge in [0.2, 0.25) is 0 Å². The number of rotatable bonds is 3. The van der Waals surface area contributed by atoms with Gasteiger partial charge in [-0.15, -0.1) is 11.8 Å². The summed E-state index contributed by atoms with van der Waals surface area (Å²) in [7, 11) is 0. The summed E-state index contributed by atoms with van der Waals surface area (Å²) < 4.78 is 0. The fraction of sp³-hybridized carbons (Fsp3) is 0.333. The molecule has 14 heavy (non-hydrogen) atoms. The molecule has 2 nitrogen and oxygen atoms in total. The molecule has 0 saturated carbocycles. The summed E-state index contributed by atoms with van der Waals surface area (Å²) in [6.07, 6.45) is 0.962. The van der Waals surface area contributed by atoms with Gasteiger partial charge in [0.15, 0.2) is 0 Å². The van der Waals surface area contributed by atoms with Gasteiger partial charge in [0.05, 0.1) is 6.10 Å². The standard InChI is InChI=1S/C12H15NO/c1-2-3-4-5-12(14)10-6-8-11(13)9-7-10/h6-9,12,14H,4-5,13H2,1H3. The van der Waals surface area contributed by atoms with E-state index in [4.69, 9.17) is 5.73 Å². The van der Waals surface area contributed by atoms with Gasteiger partial charge in [-0.2, -0.15) is 0 Å². The Kier molecular flexibility index (Phi) is 4.03. The highest BCUT2D eigenvalue weighted by molar-refractivity contribution is 5.39. The van der Waals surface area contributed by atoms with Crippen LogP contribution >= 0.6 is 0 Å². The highest BCUT2D eigenvalue weighted by atomic mass is 16.3. The lowest BCUT2D eigenvalue weighted by Crippen LogP contribution is -1.97. The van der Waals surface area contributed by atoms with Crippen molar-refractivity contribution in [3.8, 4) is 11.8 Å². The topological polar surface area (TPSA) is 46.2 Å². The largest absolute Gasteiger partial charge is 0.399 e. The predicted octanol–water partition coefficient (Wildman–Crippen LogP) is 2.11. The maximum atomic E-state index is 9.73. The lowest BCUT2D eigenvalue weighted by atomic mass is 10.0. The molecule has 1 atom stereocenters. The summed E-state index contributed by atoms with van der Waals surface area (Å²) >= 11 is 0. The second-order valence-corrected chi connectivity index (χ2v) is 3.15. The summed E-state index contributed by atoms with van der Waals surface area (Å²) in [5, 5.41) is 9.73. The smallest absolute Gasteiger partial charge is 0.0799 e. The molecule has 1 aromatic carbocycles. The minimum atomic E-state index is -0.434. The van der Waals surface area contributed by atoms with Crippen molar-refractivity contribution >= 4 is 5.69 Å². The first kappa shape index (κ1) is 10.6. The maximum absolute atomic E-state index is 9.73. The molecule has 0 radical (unpaired) electrons. The Balaban J connectivity index is 2.54. The molecular weight excluding hydrogens is 174 g/mol. The molecule has 0 amide bonds. The van der Waals surface area contributed by atoms with Crippen LogP contribution in [-0.4, -0.2) is 5.11 Å². The monoisotopic (exact) mass is 189 g/mol. The molecule has 0 heterocycles. The average Bonchev–Trinajstić information content (AvgIpc) is 2.19. The van der Waals surface area contributed by atoms with Crippen molar-refractivity contribution < 1.29 is 5.11 Å². The van der Waals surface area contributed by atoms with E-state index in [1.165, 1.54) is 0 Å². The molecular formula is C12H15NO. The van der Waals surface area contributed by atoms with E-state index in [9.17, 15) is 5.11 Å². The fourth-order valence-electron chi connectivity index (χ4n) is 1.22. The van der Waals surface area contributed by atoms with E-state index in [0.29, 0.717) is 12.1 Å². The molecule has 0 saturated heterocycles. The van der Waals surface area contributed by atoms with E-state index in [2.05, 4.69) is 11.8 Å². The fourth-order valence-corrected chi connectivity index (χ4v) is 1.22. The normalized spacial score (nSPS) is 11.6. The van der Waals surface area contributed by atoms with Crippen LogP contribution in [0.15, 0.2) is 24.3 Å². The van der Waals surface area contributed by atoms with E-state index in [0.717, 1.165) is 12.0 Å². The van der Waals surface area contributed by atoms with Gasteiger partial charge in [0.25, 0.3) is 0 Å². The van der Waals surface area contributed by atoms with E-state index < -0.39 is 6.10 Å².